The van der Waals surface area contributed by atoms with Gasteiger partial charge in [0.05, 0.1) is 26.3 Å². The molecule has 0 radical (unpaired) electrons. The number of hydrogen-bond acceptors (Lipinski definition) is 6. The number of pyridine rings is 1. The lowest BCUT2D eigenvalue weighted by molar-refractivity contribution is 0.0108. The van der Waals surface area contributed by atoms with Crippen LogP contribution >= 0.6 is 0 Å². The van der Waals surface area contributed by atoms with Crippen LogP contribution in [0.2, 0.25) is 0 Å². The van der Waals surface area contributed by atoms with Crippen LogP contribution in [-0.2, 0) is 11.3 Å². The van der Waals surface area contributed by atoms with Crippen LogP contribution in [0.15, 0.2) is 24.4 Å². The topological polar surface area (TPSA) is 72.9 Å². The van der Waals surface area contributed by atoms with Crippen molar-refractivity contribution >= 4 is 17.0 Å². The molecule has 0 bridgehead atoms. The highest BCUT2D eigenvalue weighted by Gasteiger charge is 2.30. The highest BCUT2D eigenvalue weighted by Crippen LogP contribution is 2.33. The van der Waals surface area contributed by atoms with E-state index in [1.54, 1.807) is 20.4 Å². The van der Waals surface area contributed by atoms with Crippen LogP contribution in [0.4, 0.5) is 4.79 Å². The molecule has 1 aliphatic heterocycles. The Morgan fingerprint density at radius 1 is 1.17 bits per heavy atom. The summed E-state index contributed by atoms with van der Waals surface area (Å²) < 4.78 is 16.6. The first kappa shape index (κ1) is 21.2. The van der Waals surface area contributed by atoms with Gasteiger partial charge in [-0.25, -0.2) is 4.79 Å². The van der Waals surface area contributed by atoms with E-state index in [1.165, 1.54) is 0 Å². The van der Waals surface area contributed by atoms with Gasteiger partial charge in [-0.2, -0.15) is 0 Å². The number of methoxy groups -OCH3 is 2. The number of aromatic nitrogens is 1. The van der Waals surface area contributed by atoms with Crippen molar-refractivity contribution in [1.29, 1.82) is 0 Å². The summed E-state index contributed by atoms with van der Waals surface area (Å²) in [4.78, 5) is 19.4. The lowest BCUT2D eigenvalue weighted by Gasteiger charge is -2.36. The van der Waals surface area contributed by atoms with Crippen molar-refractivity contribution in [2.24, 2.45) is 0 Å². The first-order chi connectivity index (χ1) is 13.8. The largest absolute Gasteiger partial charge is 0.493 e. The summed E-state index contributed by atoms with van der Waals surface area (Å²) in [5, 5.41) is 4.30. The second kappa shape index (κ2) is 8.86. The van der Waals surface area contributed by atoms with Gasteiger partial charge in [-0.15, -0.1) is 0 Å². The molecule has 1 fully saturated rings. The number of hydrogen-bond donors (Lipinski definition) is 1. The second-order valence-electron chi connectivity index (χ2n) is 8.28. The average Bonchev–Trinajstić information content (AvgIpc) is 2.70. The number of fused-ring (bicyclic) bond motifs is 1. The molecule has 1 amide bonds. The third kappa shape index (κ3) is 5.09. The number of benzene rings is 1. The molecule has 0 saturated carbocycles. The SMILES string of the molecule is COc1cc2nccc(CN(C(=O)OC(C)(C)C)C3CCNCC3)c2cc1OC. The zero-order valence-electron chi connectivity index (χ0n) is 17.9. The molecular weight excluding hydrogens is 370 g/mol. The summed E-state index contributed by atoms with van der Waals surface area (Å²) in [6.45, 7) is 7.92. The summed E-state index contributed by atoms with van der Waals surface area (Å²) in [6, 6.07) is 5.87. The number of carbonyl (C=O) groups excluding carboxylic acids is 1. The van der Waals surface area contributed by atoms with Crippen molar-refractivity contribution < 1.29 is 19.0 Å². The number of nitrogens with one attached hydrogen (secondary N) is 1. The third-order valence-electron chi connectivity index (χ3n) is 5.06. The smallest absolute Gasteiger partial charge is 0.410 e. The van der Waals surface area contributed by atoms with Crippen LogP contribution in [0.1, 0.15) is 39.2 Å². The van der Waals surface area contributed by atoms with Crippen LogP contribution in [0.25, 0.3) is 10.9 Å². The van der Waals surface area contributed by atoms with Crippen molar-refractivity contribution in [3.05, 3.63) is 30.0 Å². The maximum Gasteiger partial charge on any atom is 0.410 e. The Labute approximate surface area is 172 Å². The fraction of sp³-hybridized carbons (Fsp3) is 0.545. The van der Waals surface area contributed by atoms with E-state index in [1.807, 2.05) is 43.9 Å². The molecule has 158 valence electrons. The second-order valence-corrected chi connectivity index (χ2v) is 8.28. The van der Waals surface area contributed by atoms with Crippen LogP contribution in [-0.4, -0.2) is 54.9 Å². The Kier molecular flexibility index (Phi) is 6.47. The molecular formula is C22H31N3O4. The molecule has 7 heteroatoms. The molecule has 2 heterocycles. The summed E-state index contributed by atoms with van der Waals surface area (Å²) in [7, 11) is 3.22. The normalized spacial score (nSPS) is 15.2. The number of amides is 1. The summed E-state index contributed by atoms with van der Waals surface area (Å²) in [5.74, 6) is 1.27. The third-order valence-corrected chi connectivity index (χ3v) is 5.06. The summed E-state index contributed by atoms with van der Waals surface area (Å²) in [5.41, 5.74) is 1.26. The van der Waals surface area contributed by atoms with Gasteiger partial charge in [0.25, 0.3) is 0 Å². The van der Waals surface area contributed by atoms with Gasteiger partial charge in [-0.05, 0) is 64.4 Å². The predicted molar refractivity (Wildman–Crippen MR) is 113 cm³/mol. The molecule has 0 unspecified atom stereocenters. The van der Waals surface area contributed by atoms with Crippen molar-refractivity contribution in [2.75, 3.05) is 27.3 Å². The highest BCUT2D eigenvalue weighted by atomic mass is 16.6. The minimum absolute atomic E-state index is 0.134. The van der Waals surface area contributed by atoms with Crippen LogP contribution in [0.5, 0.6) is 11.5 Å². The van der Waals surface area contributed by atoms with Gasteiger partial charge in [-0.3, -0.25) is 4.98 Å². The van der Waals surface area contributed by atoms with Gasteiger partial charge < -0.3 is 24.4 Å². The molecule has 1 aromatic heterocycles. The minimum atomic E-state index is -0.543. The first-order valence-corrected chi connectivity index (χ1v) is 10.0. The fourth-order valence-corrected chi connectivity index (χ4v) is 3.63. The molecule has 0 aliphatic carbocycles. The molecule has 1 N–H and O–H groups in total. The quantitative estimate of drug-likeness (QED) is 0.823. The summed E-state index contributed by atoms with van der Waals surface area (Å²) >= 11 is 0. The Morgan fingerprint density at radius 2 is 1.83 bits per heavy atom. The standard InChI is InChI=1S/C22H31N3O4/c1-22(2,3)29-21(26)25(16-7-9-23-10-8-16)14-15-6-11-24-18-13-20(28-5)19(27-4)12-17(15)18/h6,11-13,16,23H,7-10,14H2,1-5H3. The number of piperidine rings is 1. The maximum absolute atomic E-state index is 13.0. The first-order valence-electron chi connectivity index (χ1n) is 10.0. The van der Waals surface area contributed by atoms with E-state index in [0.29, 0.717) is 18.0 Å². The van der Waals surface area contributed by atoms with E-state index < -0.39 is 5.60 Å². The minimum Gasteiger partial charge on any atom is -0.493 e. The Balaban J connectivity index is 1.97. The van der Waals surface area contributed by atoms with E-state index in [2.05, 4.69) is 10.3 Å². The molecule has 2 aromatic rings. The van der Waals surface area contributed by atoms with Gasteiger partial charge in [0.1, 0.15) is 5.60 Å². The van der Waals surface area contributed by atoms with E-state index in [9.17, 15) is 4.79 Å². The molecule has 1 aromatic carbocycles. The van der Waals surface area contributed by atoms with Gasteiger partial charge >= 0.3 is 6.09 Å². The molecule has 7 nitrogen and oxygen atoms in total. The number of carbonyl (C=O) groups is 1. The Hall–Kier alpha value is -2.54. The number of ether oxygens (including phenoxy) is 3. The van der Waals surface area contributed by atoms with E-state index >= 15 is 0 Å². The highest BCUT2D eigenvalue weighted by molar-refractivity contribution is 5.86. The van der Waals surface area contributed by atoms with Gasteiger partial charge in [-0.1, -0.05) is 0 Å². The van der Waals surface area contributed by atoms with Crippen molar-refractivity contribution in [3.63, 3.8) is 0 Å². The molecule has 1 saturated heterocycles. The van der Waals surface area contributed by atoms with Crippen LogP contribution in [0, 0.1) is 0 Å². The average molecular weight is 402 g/mol. The molecule has 1 aliphatic rings. The van der Waals surface area contributed by atoms with E-state index in [0.717, 1.165) is 42.4 Å². The van der Waals surface area contributed by atoms with E-state index in [-0.39, 0.29) is 12.1 Å². The zero-order chi connectivity index (χ0) is 21.0. The van der Waals surface area contributed by atoms with Gasteiger partial charge in [0, 0.05) is 23.7 Å². The zero-order valence-corrected chi connectivity index (χ0v) is 17.9. The van der Waals surface area contributed by atoms with Crippen molar-refractivity contribution in [3.8, 4) is 11.5 Å². The molecule has 0 atom stereocenters. The Bertz CT molecular complexity index is 857. The fourth-order valence-electron chi connectivity index (χ4n) is 3.63. The van der Waals surface area contributed by atoms with Crippen LogP contribution < -0.4 is 14.8 Å². The molecule has 0 spiro atoms. The predicted octanol–water partition coefficient (Wildman–Crippen LogP) is 3.74. The number of rotatable bonds is 5. The van der Waals surface area contributed by atoms with Gasteiger partial charge in [0.15, 0.2) is 11.5 Å². The van der Waals surface area contributed by atoms with Crippen molar-refractivity contribution in [2.45, 2.75) is 51.8 Å². The van der Waals surface area contributed by atoms with Crippen molar-refractivity contribution in [1.82, 2.24) is 15.2 Å². The number of nitrogens with zero attached hydrogens (tertiary/aromatic N) is 2. The monoisotopic (exact) mass is 401 g/mol. The van der Waals surface area contributed by atoms with Crippen LogP contribution in [0.3, 0.4) is 0 Å². The maximum atomic E-state index is 13.0. The summed E-state index contributed by atoms with van der Waals surface area (Å²) in [6.07, 6.45) is 3.28. The Morgan fingerprint density at radius 3 is 2.45 bits per heavy atom. The lowest BCUT2D eigenvalue weighted by atomic mass is 10.0. The van der Waals surface area contributed by atoms with E-state index in [4.69, 9.17) is 14.2 Å². The molecule has 3 rings (SSSR count). The molecule has 29 heavy (non-hydrogen) atoms. The lowest BCUT2D eigenvalue weighted by Crippen LogP contribution is -2.47. The van der Waals surface area contributed by atoms with Gasteiger partial charge in [0.2, 0.25) is 0 Å².